The number of hydrogen-bond acceptors (Lipinski definition) is 2. The summed E-state index contributed by atoms with van der Waals surface area (Å²) in [6.45, 7) is 0.442. The van der Waals surface area contributed by atoms with Crippen molar-refractivity contribution in [1.29, 1.82) is 0 Å². The number of amides is 2. The van der Waals surface area contributed by atoms with Gasteiger partial charge >= 0.3 is 6.03 Å². The second-order valence-corrected chi connectivity index (χ2v) is 5.50. The molecule has 0 radical (unpaired) electrons. The highest BCUT2D eigenvalue weighted by Gasteiger charge is 2.08. The Hall–Kier alpha value is -3.41. The van der Waals surface area contributed by atoms with Crippen LogP contribution in [0.4, 0.5) is 25.0 Å². The summed E-state index contributed by atoms with van der Waals surface area (Å²) in [6.07, 6.45) is 0. The summed E-state index contributed by atoms with van der Waals surface area (Å²) >= 11 is 0. The number of hydrogen-bond donors (Lipinski definition) is 2. The summed E-state index contributed by atoms with van der Waals surface area (Å²) in [6, 6.07) is 18.8. The van der Waals surface area contributed by atoms with Crippen LogP contribution in [0.2, 0.25) is 0 Å². The van der Waals surface area contributed by atoms with E-state index < -0.39 is 17.7 Å². The second-order valence-electron chi connectivity index (χ2n) is 5.50. The van der Waals surface area contributed by atoms with Gasteiger partial charge in [0.25, 0.3) is 0 Å². The number of halogens is 2. The quantitative estimate of drug-likeness (QED) is 0.663. The van der Waals surface area contributed by atoms with E-state index in [0.717, 1.165) is 17.7 Å². The number of ether oxygens (including phenoxy) is 1. The van der Waals surface area contributed by atoms with Gasteiger partial charge in [0, 0.05) is 11.8 Å². The van der Waals surface area contributed by atoms with Gasteiger partial charge in [0.05, 0.1) is 5.69 Å². The zero-order valence-electron chi connectivity index (χ0n) is 13.7. The van der Waals surface area contributed by atoms with Crippen LogP contribution in [-0.2, 0) is 6.61 Å². The molecule has 0 bridgehead atoms. The average molecular weight is 354 g/mol. The molecule has 3 rings (SSSR count). The van der Waals surface area contributed by atoms with Crippen molar-refractivity contribution >= 4 is 17.4 Å². The van der Waals surface area contributed by atoms with E-state index in [1.165, 1.54) is 0 Å². The number of carbonyl (C=O) groups is 1. The van der Waals surface area contributed by atoms with Gasteiger partial charge in [-0.3, -0.25) is 0 Å². The Labute approximate surface area is 149 Å². The molecule has 0 aromatic heterocycles. The first-order valence-electron chi connectivity index (χ1n) is 7.90. The molecule has 26 heavy (non-hydrogen) atoms. The summed E-state index contributed by atoms with van der Waals surface area (Å²) in [5.41, 5.74) is 1.46. The van der Waals surface area contributed by atoms with Crippen molar-refractivity contribution in [2.75, 3.05) is 10.6 Å². The van der Waals surface area contributed by atoms with E-state index >= 15 is 0 Å². The predicted molar refractivity (Wildman–Crippen MR) is 96.2 cm³/mol. The van der Waals surface area contributed by atoms with Gasteiger partial charge in [-0.1, -0.05) is 30.3 Å². The van der Waals surface area contributed by atoms with Crippen LogP contribution in [-0.4, -0.2) is 6.03 Å². The molecule has 0 aliphatic carbocycles. The van der Waals surface area contributed by atoms with Gasteiger partial charge in [0.2, 0.25) is 0 Å². The lowest BCUT2D eigenvalue weighted by molar-refractivity contribution is 0.262. The molecule has 3 aromatic carbocycles. The van der Waals surface area contributed by atoms with Gasteiger partial charge in [-0.05, 0) is 42.0 Å². The smallest absolute Gasteiger partial charge is 0.323 e. The number of carbonyl (C=O) groups excluding carboxylic acids is 1. The Balaban J connectivity index is 1.54. The summed E-state index contributed by atoms with van der Waals surface area (Å²) in [5, 5.41) is 4.89. The Morgan fingerprint density at radius 1 is 0.885 bits per heavy atom. The van der Waals surface area contributed by atoms with Crippen molar-refractivity contribution in [3.8, 4) is 5.75 Å². The molecule has 0 fully saturated rings. The average Bonchev–Trinajstić information content (AvgIpc) is 2.64. The van der Waals surface area contributed by atoms with Gasteiger partial charge in [-0.2, -0.15) is 0 Å². The van der Waals surface area contributed by atoms with Crippen LogP contribution in [0.25, 0.3) is 0 Å². The molecule has 4 nitrogen and oxygen atoms in total. The fraction of sp³-hybridized carbons (Fsp3) is 0.0500. The zero-order valence-corrected chi connectivity index (χ0v) is 13.7. The van der Waals surface area contributed by atoms with Crippen LogP contribution < -0.4 is 15.4 Å². The van der Waals surface area contributed by atoms with E-state index in [4.69, 9.17) is 4.74 Å². The van der Waals surface area contributed by atoms with Crippen molar-refractivity contribution in [2.45, 2.75) is 6.61 Å². The number of nitrogens with one attached hydrogen (secondary N) is 2. The first-order chi connectivity index (χ1) is 12.6. The molecule has 0 unspecified atom stereocenters. The third-order valence-electron chi connectivity index (χ3n) is 3.54. The number of benzene rings is 3. The topological polar surface area (TPSA) is 50.4 Å². The lowest BCUT2D eigenvalue weighted by Crippen LogP contribution is -2.20. The normalized spacial score (nSPS) is 10.2. The largest absolute Gasteiger partial charge is 0.489 e. The maximum atomic E-state index is 13.5. The van der Waals surface area contributed by atoms with Crippen molar-refractivity contribution in [3.63, 3.8) is 0 Å². The van der Waals surface area contributed by atoms with Crippen molar-refractivity contribution in [2.24, 2.45) is 0 Å². The van der Waals surface area contributed by atoms with Crippen molar-refractivity contribution < 1.29 is 18.3 Å². The molecule has 2 N–H and O–H groups in total. The third kappa shape index (κ3) is 4.80. The minimum Gasteiger partial charge on any atom is -0.489 e. The molecule has 6 heteroatoms. The monoisotopic (exact) mass is 354 g/mol. The number of anilines is 2. The van der Waals surface area contributed by atoms with E-state index in [1.807, 2.05) is 30.3 Å². The van der Waals surface area contributed by atoms with E-state index in [0.29, 0.717) is 24.1 Å². The van der Waals surface area contributed by atoms with Gasteiger partial charge in [-0.25, -0.2) is 13.6 Å². The minimum atomic E-state index is -0.843. The number of rotatable bonds is 5. The molecule has 132 valence electrons. The molecule has 2 amide bonds. The molecule has 3 aromatic rings. The summed E-state index contributed by atoms with van der Waals surface area (Å²) in [7, 11) is 0. The molecular weight excluding hydrogens is 338 g/mol. The van der Waals surface area contributed by atoms with Gasteiger partial charge in [0.1, 0.15) is 24.0 Å². The van der Waals surface area contributed by atoms with E-state index in [9.17, 15) is 13.6 Å². The SMILES string of the molecule is O=C(Nc1ccc(OCc2ccccc2)cc1)Nc1ccc(F)cc1F. The molecular formula is C20H16F2N2O2. The third-order valence-corrected chi connectivity index (χ3v) is 3.54. The standard InChI is InChI=1S/C20H16F2N2O2/c21-15-6-11-19(18(22)12-15)24-20(25)23-16-7-9-17(10-8-16)26-13-14-4-2-1-3-5-14/h1-12H,13H2,(H2,23,24,25). The summed E-state index contributed by atoms with van der Waals surface area (Å²) in [5.74, 6) is -0.895. The van der Waals surface area contributed by atoms with E-state index in [1.54, 1.807) is 24.3 Å². The van der Waals surface area contributed by atoms with Crippen molar-refractivity contribution in [1.82, 2.24) is 0 Å². The van der Waals surface area contributed by atoms with Crippen LogP contribution in [0.5, 0.6) is 5.75 Å². The Morgan fingerprint density at radius 2 is 1.62 bits per heavy atom. The fourth-order valence-corrected chi connectivity index (χ4v) is 2.25. The van der Waals surface area contributed by atoms with E-state index in [2.05, 4.69) is 10.6 Å². The van der Waals surface area contributed by atoms with Gasteiger partial charge < -0.3 is 15.4 Å². The summed E-state index contributed by atoms with van der Waals surface area (Å²) in [4.78, 5) is 11.9. The Bertz CT molecular complexity index is 884. The van der Waals surface area contributed by atoms with Crippen LogP contribution in [0.15, 0.2) is 72.8 Å². The fourth-order valence-electron chi connectivity index (χ4n) is 2.25. The first-order valence-corrected chi connectivity index (χ1v) is 7.90. The highest BCUT2D eigenvalue weighted by Crippen LogP contribution is 2.18. The molecule has 0 saturated heterocycles. The van der Waals surface area contributed by atoms with E-state index in [-0.39, 0.29) is 5.69 Å². The first kappa shape index (κ1) is 17.4. The zero-order chi connectivity index (χ0) is 18.4. The predicted octanol–water partition coefficient (Wildman–Crippen LogP) is 5.19. The maximum Gasteiger partial charge on any atom is 0.323 e. The lowest BCUT2D eigenvalue weighted by Gasteiger charge is -2.10. The second kappa shape index (κ2) is 8.11. The molecule has 0 atom stereocenters. The van der Waals surface area contributed by atoms with Crippen LogP contribution >= 0.6 is 0 Å². The Morgan fingerprint density at radius 3 is 2.31 bits per heavy atom. The molecule has 0 aliphatic rings. The highest BCUT2D eigenvalue weighted by atomic mass is 19.1. The molecule has 0 aliphatic heterocycles. The summed E-state index contributed by atoms with van der Waals surface area (Å²) < 4.78 is 32.1. The van der Waals surface area contributed by atoms with Crippen molar-refractivity contribution in [3.05, 3.63) is 90.0 Å². The van der Waals surface area contributed by atoms with Gasteiger partial charge in [0.15, 0.2) is 0 Å². The maximum absolute atomic E-state index is 13.5. The van der Waals surface area contributed by atoms with Crippen LogP contribution in [0, 0.1) is 11.6 Å². The molecule has 0 saturated carbocycles. The van der Waals surface area contributed by atoms with Gasteiger partial charge in [-0.15, -0.1) is 0 Å². The minimum absolute atomic E-state index is 0.105. The number of urea groups is 1. The molecule has 0 heterocycles. The Kier molecular flexibility index (Phi) is 5.43. The molecule has 0 spiro atoms. The lowest BCUT2D eigenvalue weighted by atomic mass is 10.2. The highest BCUT2D eigenvalue weighted by molar-refractivity contribution is 5.99. The van der Waals surface area contributed by atoms with Crippen LogP contribution in [0.3, 0.4) is 0 Å². The van der Waals surface area contributed by atoms with Crippen LogP contribution in [0.1, 0.15) is 5.56 Å².